The van der Waals surface area contributed by atoms with Gasteiger partial charge in [0.15, 0.2) is 15.8 Å². The van der Waals surface area contributed by atoms with Crippen LogP contribution in [0.15, 0.2) is 40.2 Å². The molecule has 0 spiro atoms. The topological polar surface area (TPSA) is 73.8 Å². The minimum absolute atomic E-state index is 0. The van der Waals surface area contributed by atoms with E-state index in [1.807, 2.05) is 6.07 Å². The Kier molecular flexibility index (Phi) is 12.0. The van der Waals surface area contributed by atoms with E-state index in [0.717, 1.165) is 25.5 Å². The van der Waals surface area contributed by atoms with Crippen LogP contribution < -0.4 is 10.6 Å². The smallest absolute Gasteiger partial charge is 0.190 e. The van der Waals surface area contributed by atoms with Crippen molar-refractivity contribution in [2.75, 3.05) is 39.0 Å². The van der Waals surface area contributed by atoms with Gasteiger partial charge in [0, 0.05) is 32.7 Å². The van der Waals surface area contributed by atoms with Gasteiger partial charge < -0.3 is 15.5 Å². The Morgan fingerprint density at radius 2 is 1.82 bits per heavy atom. The average Bonchev–Trinajstić information content (AvgIpc) is 2.68. The number of hydrogen-bond acceptors (Lipinski definition) is 4. The highest BCUT2D eigenvalue weighted by Crippen LogP contribution is 2.16. The van der Waals surface area contributed by atoms with Crippen LogP contribution >= 0.6 is 24.0 Å². The number of hydrogen-bond donors (Lipinski definition) is 2. The maximum absolute atomic E-state index is 12.3. The van der Waals surface area contributed by atoms with Gasteiger partial charge in [0.1, 0.15) is 0 Å². The van der Waals surface area contributed by atoms with E-state index in [9.17, 15) is 8.42 Å². The summed E-state index contributed by atoms with van der Waals surface area (Å²) in [6, 6.07) is 9.31. The number of piperidine rings is 1. The Morgan fingerprint density at radius 3 is 2.46 bits per heavy atom. The molecule has 160 valence electrons. The first-order valence-corrected chi connectivity index (χ1v) is 11.6. The monoisotopic (exact) mass is 522 g/mol. The molecule has 0 bridgehead atoms. The molecule has 1 fully saturated rings. The highest BCUT2D eigenvalue weighted by atomic mass is 127. The Balaban J connectivity index is 0.00000392. The number of aliphatic imine (C=N–C) groups is 1. The molecular formula is C20H35IN4O2S. The van der Waals surface area contributed by atoms with E-state index in [1.54, 1.807) is 31.3 Å². The summed E-state index contributed by atoms with van der Waals surface area (Å²) in [7, 11) is -1.47. The van der Waals surface area contributed by atoms with Crippen molar-refractivity contribution < 1.29 is 8.42 Å². The lowest BCUT2D eigenvalue weighted by molar-refractivity contribution is 0.159. The van der Waals surface area contributed by atoms with Gasteiger partial charge in [-0.1, -0.05) is 24.6 Å². The van der Waals surface area contributed by atoms with Gasteiger partial charge in [-0.3, -0.25) is 4.99 Å². The highest BCUT2D eigenvalue weighted by molar-refractivity contribution is 14.0. The van der Waals surface area contributed by atoms with E-state index >= 15 is 0 Å². The number of halogens is 1. The number of benzene rings is 1. The maximum atomic E-state index is 12.3. The molecule has 1 atom stereocenters. The number of nitrogens with one attached hydrogen (secondary N) is 2. The molecule has 0 radical (unpaired) electrons. The molecule has 1 heterocycles. The first-order chi connectivity index (χ1) is 13.0. The Labute approximate surface area is 187 Å². The first kappa shape index (κ1) is 25.2. The molecule has 0 amide bonds. The summed E-state index contributed by atoms with van der Waals surface area (Å²) >= 11 is 0. The van der Waals surface area contributed by atoms with Gasteiger partial charge in [-0.05, 0) is 51.3 Å². The van der Waals surface area contributed by atoms with Gasteiger partial charge in [-0.15, -0.1) is 24.0 Å². The molecule has 1 saturated heterocycles. The van der Waals surface area contributed by atoms with Crippen LogP contribution in [0, 0.1) is 0 Å². The molecule has 0 aliphatic carbocycles. The zero-order valence-electron chi connectivity index (χ0n) is 17.1. The van der Waals surface area contributed by atoms with Crippen LogP contribution in [0.5, 0.6) is 0 Å². The van der Waals surface area contributed by atoms with Crippen molar-refractivity contribution in [3.05, 3.63) is 30.3 Å². The predicted molar refractivity (Wildman–Crippen MR) is 127 cm³/mol. The number of guanidine groups is 1. The maximum Gasteiger partial charge on any atom is 0.190 e. The minimum Gasteiger partial charge on any atom is -0.356 e. The molecule has 1 aliphatic heterocycles. The van der Waals surface area contributed by atoms with Crippen LogP contribution in [0.25, 0.3) is 0 Å². The van der Waals surface area contributed by atoms with Gasteiger partial charge in [-0.25, -0.2) is 8.42 Å². The van der Waals surface area contributed by atoms with Crippen molar-refractivity contribution in [1.29, 1.82) is 0 Å². The van der Waals surface area contributed by atoms with Crippen molar-refractivity contribution in [2.24, 2.45) is 4.99 Å². The quantitative estimate of drug-likeness (QED) is 0.226. The molecule has 2 N–H and O–H groups in total. The van der Waals surface area contributed by atoms with Gasteiger partial charge in [0.25, 0.3) is 0 Å². The summed E-state index contributed by atoms with van der Waals surface area (Å²) in [6.07, 6.45) is 5.60. The molecule has 28 heavy (non-hydrogen) atoms. The lowest BCUT2D eigenvalue weighted by Crippen LogP contribution is -2.41. The lowest BCUT2D eigenvalue weighted by atomic mass is 10.0. The van der Waals surface area contributed by atoms with Crippen molar-refractivity contribution in [1.82, 2.24) is 15.5 Å². The molecule has 1 aliphatic rings. The van der Waals surface area contributed by atoms with E-state index in [4.69, 9.17) is 0 Å². The normalized spacial score (nSPS) is 18.4. The summed E-state index contributed by atoms with van der Waals surface area (Å²) in [6.45, 7) is 6.08. The van der Waals surface area contributed by atoms with E-state index < -0.39 is 9.84 Å². The lowest BCUT2D eigenvalue weighted by Gasteiger charge is -2.33. The minimum atomic E-state index is -3.21. The molecule has 2 rings (SSSR count). The van der Waals surface area contributed by atoms with Crippen LogP contribution in [-0.2, 0) is 9.84 Å². The molecule has 1 aromatic rings. The third-order valence-electron chi connectivity index (χ3n) is 5.06. The largest absolute Gasteiger partial charge is 0.356 e. The summed E-state index contributed by atoms with van der Waals surface area (Å²) in [5.74, 6) is 0.868. The molecule has 1 aromatic carbocycles. The van der Waals surface area contributed by atoms with Crippen LogP contribution in [0.4, 0.5) is 0 Å². The van der Waals surface area contributed by atoms with Crippen LogP contribution in [0.2, 0.25) is 0 Å². The van der Waals surface area contributed by atoms with E-state index in [1.165, 1.54) is 25.8 Å². The zero-order valence-corrected chi connectivity index (χ0v) is 20.2. The summed E-state index contributed by atoms with van der Waals surface area (Å²) in [5.41, 5.74) is 0. The SMILES string of the molecule is CN=C(NCCCN1CCCCC1C)NCCCS(=O)(=O)c1ccccc1.I. The number of sulfone groups is 1. The highest BCUT2D eigenvalue weighted by Gasteiger charge is 2.17. The van der Waals surface area contributed by atoms with Crippen LogP contribution in [-0.4, -0.2) is 64.3 Å². The van der Waals surface area contributed by atoms with Crippen molar-refractivity contribution >= 4 is 39.8 Å². The second-order valence-corrected chi connectivity index (χ2v) is 9.25. The van der Waals surface area contributed by atoms with Gasteiger partial charge in [0.2, 0.25) is 0 Å². The summed E-state index contributed by atoms with van der Waals surface area (Å²) in [5, 5.41) is 6.52. The zero-order chi connectivity index (χ0) is 19.5. The fraction of sp³-hybridized carbons (Fsp3) is 0.650. The molecule has 0 aromatic heterocycles. The van der Waals surface area contributed by atoms with Crippen molar-refractivity contribution in [2.45, 2.75) is 50.0 Å². The number of rotatable bonds is 9. The Morgan fingerprint density at radius 1 is 1.14 bits per heavy atom. The Bertz CT molecular complexity index is 683. The average molecular weight is 522 g/mol. The fourth-order valence-electron chi connectivity index (χ4n) is 3.41. The van der Waals surface area contributed by atoms with Crippen molar-refractivity contribution in [3.63, 3.8) is 0 Å². The van der Waals surface area contributed by atoms with Crippen molar-refractivity contribution in [3.8, 4) is 0 Å². The van der Waals surface area contributed by atoms with Crippen LogP contribution in [0.1, 0.15) is 39.0 Å². The van der Waals surface area contributed by atoms with E-state index in [0.29, 0.717) is 23.9 Å². The number of likely N-dealkylation sites (tertiary alicyclic amines) is 1. The molecule has 1 unspecified atom stereocenters. The predicted octanol–water partition coefficient (Wildman–Crippen LogP) is 2.90. The molecule has 0 saturated carbocycles. The fourth-order valence-corrected chi connectivity index (χ4v) is 4.75. The van der Waals surface area contributed by atoms with Gasteiger partial charge in [0.05, 0.1) is 10.6 Å². The second-order valence-electron chi connectivity index (χ2n) is 7.15. The number of nitrogens with zero attached hydrogens (tertiary/aromatic N) is 2. The summed E-state index contributed by atoms with van der Waals surface area (Å²) < 4.78 is 24.5. The second kappa shape index (κ2) is 13.4. The third kappa shape index (κ3) is 8.65. The van der Waals surface area contributed by atoms with E-state index in [2.05, 4.69) is 27.4 Å². The molecule has 6 nitrogen and oxygen atoms in total. The van der Waals surface area contributed by atoms with Crippen LogP contribution in [0.3, 0.4) is 0 Å². The molecular weight excluding hydrogens is 487 g/mol. The van der Waals surface area contributed by atoms with E-state index in [-0.39, 0.29) is 29.7 Å². The first-order valence-electron chi connectivity index (χ1n) is 9.99. The Hall–Kier alpha value is -0.870. The molecule has 8 heteroatoms. The standard InChI is InChI=1S/C20H34N4O2S.HI/c1-18-10-6-7-15-24(18)16-8-13-22-20(21-2)23-14-9-17-27(25,26)19-11-4-3-5-12-19;/h3-5,11-12,18H,6-10,13-17H2,1-2H3,(H2,21,22,23);1H. The van der Waals surface area contributed by atoms with Gasteiger partial charge in [-0.2, -0.15) is 0 Å². The van der Waals surface area contributed by atoms with Gasteiger partial charge >= 0.3 is 0 Å². The summed E-state index contributed by atoms with van der Waals surface area (Å²) in [4.78, 5) is 7.16. The third-order valence-corrected chi connectivity index (χ3v) is 6.88.